The van der Waals surface area contributed by atoms with Gasteiger partial charge in [0, 0.05) is 30.0 Å². The highest BCUT2D eigenvalue weighted by Crippen LogP contribution is 2.19. The van der Waals surface area contributed by atoms with Gasteiger partial charge >= 0.3 is 0 Å². The van der Waals surface area contributed by atoms with E-state index in [0.717, 1.165) is 18.8 Å². The van der Waals surface area contributed by atoms with Gasteiger partial charge in [-0.2, -0.15) is 15.4 Å². The van der Waals surface area contributed by atoms with Crippen LogP contribution in [0.25, 0.3) is 11.0 Å². The Kier molecular flexibility index (Phi) is 5.87. The lowest BCUT2D eigenvalue weighted by Gasteiger charge is -2.29. The van der Waals surface area contributed by atoms with E-state index in [1.165, 1.54) is 0 Å². The maximum absolute atomic E-state index is 12.5. The number of aromatic nitrogens is 3. The Morgan fingerprint density at radius 3 is 2.57 bits per heavy atom. The zero-order valence-electron chi connectivity index (χ0n) is 16.2. The molecule has 1 aliphatic rings. The first kappa shape index (κ1) is 19.8. The minimum absolute atomic E-state index is 0.317. The third-order valence-electron chi connectivity index (χ3n) is 4.89. The number of nitrogens with zero attached hydrogens (tertiary/aromatic N) is 3. The number of nitrogens with one attached hydrogen (secondary N) is 3. The molecule has 10 heteroatoms. The summed E-state index contributed by atoms with van der Waals surface area (Å²) in [7, 11) is 0. The van der Waals surface area contributed by atoms with Gasteiger partial charge < -0.3 is 25.4 Å². The normalized spacial score (nSPS) is 15.0. The van der Waals surface area contributed by atoms with Crippen molar-refractivity contribution < 1.29 is 19.4 Å². The Hall–Kier alpha value is -3.50. The van der Waals surface area contributed by atoms with E-state index in [9.17, 15) is 14.7 Å². The Labute approximate surface area is 172 Å². The zero-order valence-corrected chi connectivity index (χ0v) is 16.2. The summed E-state index contributed by atoms with van der Waals surface area (Å²) in [6.45, 7) is 2.50. The van der Waals surface area contributed by atoms with Crippen molar-refractivity contribution in [2.75, 3.05) is 43.1 Å². The maximum atomic E-state index is 12.5. The second-order valence-corrected chi connectivity index (χ2v) is 6.87. The highest BCUT2D eigenvalue weighted by Gasteiger charge is 2.21. The maximum Gasteiger partial charge on any atom is 0.252 e. The average molecular weight is 410 g/mol. The first-order valence-electron chi connectivity index (χ1n) is 9.60. The number of fused-ring (bicyclic) bond motifs is 1. The van der Waals surface area contributed by atoms with Crippen LogP contribution in [0.15, 0.2) is 42.5 Å². The Bertz CT molecular complexity index is 1030. The molecule has 10 nitrogen and oxygen atoms in total. The highest BCUT2D eigenvalue weighted by molar-refractivity contribution is 6.02. The number of aromatic amines is 1. The van der Waals surface area contributed by atoms with Crippen molar-refractivity contribution in [2.24, 2.45) is 0 Å². The van der Waals surface area contributed by atoms with Crippen LogP contribution in [-0.4, -0.2) is 71.3 Å². The number of amides is 2. The molecule has 2 heterocycles. The molecule has 4 N–H and O–H groups in total. The predicted molar refractivity (Wildman–Crippen MR) is 110 cm³/mol. The van der Waals surface area contributed by atoms with Gasteiger partial charge in [-0.25, -0.2) is 0 Å². The van der Waals surface area contributed by atoms with Crippen molar-refractivity contribution >= 4 is 34.2 Å². The molecule has 2 aromatic carbocycles. The van der Waals surface area contributed by atoms with Gasteiger partial charge in [0.25, 0.3) is 5.91 Å². The summed E-state index contributed by atoms with van der Waals surface area (Å²) in [5, 5.41) is 25.2. The number of aliphatic hydroxyl groups excluding tert-OH is 1. The zero-order chi connectivity index (χ0) is 20.9. The Morgan fingerprint density at radius 2 is 1.83 bits per heavy atom. The van der Waals surface area contributed by atoms with Crippen LogP contribution in [0.5, 0.6) is 0 Å². The molecule has 1 fully saturated rings. The van der Waals surface area contributed by atoms with E-state index in [4.69, 9.17) is 4.74 Å². The molecule has 0 saturated carbocycles. The van der Waals surface area contributed by atoms with Crippen LogP contribution < -0.4 is 15.5 Å². The number of rotatable bonds is 6. The standard InChI is InChI=1S/C20H22N6O4/c27-12-18(22-19(28)13-1-6-16-17(11-13)24-25-23-16)20(29)21-14-2-4-15(5-3-14)26-7-9-30-10-8-26/h1-6,11,18,27H,7-10,12H2,(H,21,29)(H,22,28)(H,23,24,25). The number of H-pyrrole nitrogens is 1. The number of carbonyl (C=O) groups is 2. The van der Waals surface area contributed by atoms with Gasteiger partial charge in [0.15, 0.2) is 0 Å². The lowest BCUT2D eigenvalue weighted by atomic mass is 10.1. The average Bonchev–Trinajstić information content (AvgIpc) is 3.26. The summed E-state index contributed by atoms with van der Waals surface area (Å²) in [6.07, 6.45) is 0. The van der Waals surface area contributed by atoms with Crippen molar-refractivity contribution in [3.05, 3.63) is 48.0 Å². The van der Waals surface area contributed by atoms with E-state index in [-0.39, 0.29) is 0 Å². The summed E-state index contributed by atoms with van der Waals surface area (Å²) in [5.41, 5.74) is 3.11. The van der Waals surface area contributed by atoms with Gasteiger partial charge in [0.1, 0.15) is 17.1 Å². The van der Waals surface area contributed by atoms with Crippen LogP contribution in [0, 0.1) is 0 Å². The lowest BCUT2D eigenvalue weighted by molar-refractivity contribution is -0.118. The van der Waals surface area contributed by atoms with Crippen LogP contribution in [0.2, 0.25) is 0 Å². The number of benzene rings is 2. The number of carbonyl (C=O) groups excluding carboxylic acids is 2. The summed E-state index contributed by atoms with van der Waals surface area (Å²) in [6, 6.07) is 11.1. The van der Waals surface area contributed by atoms with Crippen molar-refractivity contribution in [1.82, 2.24) is 20.7 Å². The molecular formula is C20H22N6O4. The molecule has 4 rings (SSSR count). The van der Waals surface area contributed by atoms with Crippen LogP contribution in [0.3, 0.4) is 0 Å². The van der Waals surface area contributed by atoms with Gasteiger partial charge in [0.2, 0.25) is 5.91 Å². The largest absolute Gasteiger partial charge is 0.394 e. The topological polar surface area (TPSA) is 132 Å². The number of hydrogen-bond acceptors (Lipinski definition) is 7. The first-order chi connectivity index (χ1) is 14.6. The van der Waals surface area contributed by atoms with Gasteiger partial charge in [-0.1, -0.05) is 0 Å². The number of ether oxygens (including phenoxy) is 1. The van der Waals surface area contributed by atoms with Crippen LogP contribution in [-0.2, 0) is 9.53 Å². The molecule has 0 radical (unpaired) electrons. The van der Waals surface area contributed by atoms with Crippen molar-refractivity contribution in [2.45, 2.75) is 6.04 Å². The SMILES string of the molecule is O=C(NC(CO)C(=O)Nc1ccc(N2CCOCC2)cc1)c1ccc2n[nH]nc2c1. The summed E-state index contributed by atoms with van der Waals surface area (Å²) in [4.78, 5) is 27.2. The molecule has 1 aromatic heterocycles. The minimum atomic E-state index is -1.09. The third kappa shape index (κ3) is 4.39. The summed E-state index contributed by atoms with van der Waals surface area (Å²) < 4.78 is 5.35. The molecular weight excluding hydrogens is 388 g/mol. The van der Waals surface area contributed by atoms with Crippen LogP contribution in [0.1, 0.15) is 10.4 Å². The lowest BCUT2D eigenvalue weighted by Crippen LogP contribution is -2.46. The molecule has 30 heavy (non-hydrogen) atoms. The quantitative estimate of drug-likeness (QED) is 0.466. The van der Waals surface area contributed by atoms with E-state index < -0.39 is 24.5 Å². The highest BCUT2D eigenvalue weighted by atomic mass is 16.5. The Morgan fingerprint density at radius 1 is 1.10 bits per heavy atom. The number of anilines is 2. The molecule has 1 unspecified atom stereocenters. The molecule has 1 aliphatic heterocycles. The molecule has 0 spiro atoms. The molecule has 0 bridgehead atoms. The fourth-order valence-electron chi connectivity index (χ4n) is 3.22. The summed E-state index contributed by atoms with van der Waals surface area (Å²) >= 11 is 0. The number of aliphatic hydroxyl groups is 1. The third-order valence-corrected chi connectivity index (χ3v) is 4.89. The van der Waals surface area contributed by atoms with E-state index in [2.05, 4.69) is 30.9 Å². The van der Waals surface area contributed by atoms with Crippen molar-refractivity contribution in [3.63, 3.8) is 0 Å². The molecule has 156 valence electrons. The summed E-state index contributed by atoms with van der Waals surface area (Å²) in [5.74, 6) is -0.996. The second-order valence-electron chi connectivity index (χ2n) is 6.87. The first-order valence-corrected chi connectivity index (χ1v) is 9.60. The number of morpholine rings is 1. The van der Waals surface area contributed by atoms with Gasteiger partial charge in [-0.3, -0.25) is 9.59 Å². The second kappa shape index (κ2) is 8.89. The predicted octanol–water partition coefficient (Wildman–Crippen LogP) is 0.524. The fourth-order valence-corrected chi connectivity index (χ4v) is 3.22. The van der Waals surface area contributed by atoms with Crippen molar-refractivity contribution in [1.29, 1.82) is 0 Å². The fraction of sp³-hybridized carbons (Fsp3) is 0.300. The van der Waals surface area contributed by atoms with Crippen LogP contribution in [0.4, 0.5) is 11.4 Å². The monoisotopic (exact) mass is 410 g/mol. The molecule has 0 aliphatic carbocycles. The molecule has 1 atom stereocenters. The van der Waals surface area contributed by atoms with E-state index >= 15 is 0 Å². The van der Waals surface area contributed by atoms with E-state index in [1.807, 2.05) is 12.1 Å². The number of hydrogen-bond donors (Lipinski definition) is 4. The van der Waals surface area contributed by atoms with E-state index in [0.29, 0.717) is 35.5 Å². The molecule has 1 saturated heterocycles. The van der Waals surface area contributed by atoms with Crippen molar-refractivity contribution in [3.8, 4) is 0 Å². The minimum Gasteiger partial charge on any atom is -0.394 e. The van der Waals surface area contributed by atoms with Gasteiger partial charge in [-0.05, 0) is 42.5 Å². The van der Waals surface area contributed by atoms with E-state index in [1.54, 1.807) is 30.3 Å². The van der Waals surface area contributed by atoms with Crippen LogP contribution >= 0.6 is 0 Å². The van der Waals surface area contributed by atoms with Gasteiger partial charge in [0.05, 0.1) is 19.8 Å². The molecule has 2 amide bonds. The smallest absolute Gasteiger partial charge is 0.252 e. The Balaban J connectivity index is 1.37. The molecule has 3 aromatic rings. The van der Waals surface area contributed by atoms with Gasteiger partial charge in [-0.15, -0.1) is 0 Å².